The zero-order chi connectivity index (χ0) is 26.5. The maximum Gasteiger partial charge on any atom is 0.251 e. The normalized spacial score (nSPS) is 20.7. The molecule has 8 nitrogen and oxygen atoms in total. The monoisotopic (exact) mass is 528 g/mol. The fraction of sp³-hybridized carbons (Fsp3) is 0.241. The lowest BCUT2D eigenvalue weighted by atomic mass is 10.0. The summed E-state index contributed by atoms with van der Waals surface area (Å²) < 4.78 is 0. The fourth-order valence-corrected chi connectivity index (χ4v) is 6.01. The van der Waals surface area contributed by atoms with E-state index in [9.17, 15) is 19.2 Å². The van der Waals surface area contributed by atoms with Crippen molar-refractivity contribution in [3.63, 3.8) is 0 Å². The Bertz CT molecular complexity index is 1330. The van der Waals surface area contributed by atoms with Gasteiger partial charge in [-0.2, -0.15) is 0 Å². The van der Waals surface area contributed by atoms with Crippen LogP contribution in [0.4, 0.5) is 5.69 Å². The second-order valence-corrected chi connectivity index (χ2v) is 10.4. The summed E-state index contributed by atoms with van der Waals surface area (Å²) in [7, 11) is 0. The number of hydrogen-bond acceptors (Lipinski definition) is 5. The van der Waals surface area contributed by atoms with Crippen LogP contribution in [0.5, 0.6) is 0 Å². The average molecular weight is 529 g/mol. The number of thioether (sulfide) groups is 1. The van der Waals surface area contributed by atoms with E-state index in [-0.39, 0.29) is 30.7 Å². The van der Waals surface area contributed by atoms with Gasteiger partial charge >= 0.3 is 0 Å². The van der Waals surface area contributed by atoms with Crippen LogP contribution in [0, 0.1) is 0 Å². The molecule has 4 amide bonds. The number of amides is 4. The quantitative estimate of drug-likeness (QED) is 0.437. The van der Waals surface area contributed by atoms with Crippen molar-refractivity contribution in [1.82, 2.24) is 16.0 Å². The average Bonchev–Trinajstić information content (AvgIpc) is 3.35. The standard InChI is InChI=1S/C29H28N4O4S/c34-24-16-15-21(31-24)28(36)32-26-27(20-11-5-2-6-12-20)38-23-14-8-7-13-22(23)33(29(26)37)18-25(35)30-17-19-9-3-1-4-10-19/h1-14,21,26-27H,15-18H2,(H,30,35)(H,31,34)(H,32,36)/t21-,26-,27-/m0/s1. The highest BCUT2D eigenvalue weighted by Crippen LogP contribution is 2.45. The number of carbonyl (C=O) groups is 4. The molecule has 0 unspecified atom stereocenters. The molecule has 194 valence electrons. The van der Waals surface area contributed by atoms with Crippen LogP contribution >= 0.6 is 11.8 Å². The van der Waals surface area contributed by atoms with Gasteiger partial charge in [0.25, 0.3) is 5.91 Å². The van der Waals surface area contributed by atoms with Crippen LogP contribution < -0.4 is 20.9 Å². The molecule has 3 atom stereocenters. The van der Waals surface area contributed by atoms with Crippen LogP contribution in [0.3, 0.4) is 0 Å². The summed E-state index contributed by atoms with van der Waals surface area (Å²) in [5.74, 6) is -1.29. The highest BCUT2D eigenvalue weighted by atomic mass is 32.2. The number of rotatable bonds is 7. The van der Waals surface area contributed by atoms with Gasteiger partial charge in [-0.25, -0.2) is 0 Å². The molecule has 1 saturated heterocycles. The highest BCUT2D eigenvalue weighted by molar-refractivity contribution is 7.99. The molecule has 1 fully saturated rings. The Labute approximate surface area is 225 Å². The van der Waals surface area contributed by atoms with E-state index in [1.165, 1.54) is 16.7 Å². The number of carbonyl (C=O) groups excluding carboxylic acids is 4. The predicted octanol–water partition coefficient (Wildman–Crippen LogP) is 2.95. The summed E-state index contributed by atoms with van der Waals surface area (Å²) in [6.45, 7) is 0.142. The van der Waals surface area contributed by atoms with E-state index >= 15 is 0 Å². The van der Waals surface area contributed by atoms with Crippen LogP contribution in [0.2, 0.25) is 0 Å². The van der Waals surface area contributed by atoms with Crippen LogP contribution in [0.1, 0.15) is 29.2 Å². The molecule has 3 aromatic carbocycles. The molecule has 0 spiro atoms. The Kier molecular flexibility index (Phi) is 7.74. The van der Waals surface area contributed by atoms with E-state index in [0.717, 1.165) is 16.0 Å². The first-order chi connectivity index (χ1) is 18.5. The Balaban J connectivity index is 1.44. The third kappa shape index (κ3) is 5.73. The van der Waals surface area contributed by atoms with Gasteiger partial charge in [-0.3, -0.25) is 19.2 Å². The van der Waals surface area contributed by atoms with Gasteiger partial charge in [-0.1, -0.05) is 72.8 Å². The van der Waals surface area contributed by atoms with Crippen molar-refractivity contribution >= 4 is 41.1 Å². The molecule has 3 aromatic rings. The molecule has 3 N–H and O–H groups in total. The van der Waals surface area contributed by atoms with Crippen molar-refractivity contribution < 1.29 is 19.2 Å². The number of nitrogens with one attached hydrogen (secondary N) is 3. The minimum Gasteiger partial charge on any atom is -0.350 e. The second kappa shape index (κ2) is 11.5. The van der Waals surface area contributed by atoms with Crippen molar-refractivity contribution in [2.75, 3.05) is 11.4 Å². The summed E-state index contributed by atoms with van der Waals surface area (Å²) in [5.41, 5.74) is 2.44. The van der Waals surface area contributed by atoms with Gasteiger partial charge in [0.1, 0.15) is 18.6 Å². The number of fused-ring (bicyclic) bond motifs is 1. The van der Waals surface area contributed by atoms with E-state index < -0.39 is 23.2 Å². The Morgan fingerprint density at radius 2 is 1.61 bits per heavy atom. The summed E-state index contributed by atoms with van der Waals surface area (Å²) >= 11 is 1.47. The van der Waals surface area contributed by atoms with Crippen LogP contribution in [-0.2, 0) is 25.7 Å². The largest absolute Gasteiger partial charge is 0.350 e. The summed E-state index contributed by atoms with van der Waals surface area (Å²) in [5, 5.41) is 8.04. The third-order valence-corrected chi connectivity index (χ3v) is 8.01. The molecule has 5 rings (SSSR count). The van der Waals surface area contributed by atoms with Crippen molar-refractivity contribution in [2.24, 2.45) is 0 Å². The van der Waals surface area contributed by atoms with Crippen molar-refractivity contribution in [3.8, 4) is 0 Å². The summed E-state index contributed by atoms with van der Waals surface area (Å²) in [6.07, 6.45) is 0.646. The minimum absolute atomic E-state index is 0.185. The number of hydrogen-bond donors (Lipinski definition) is 3. The lowest BCUT2D eigenvalue weighted by molar-refractivity contribution is -0.130. The van der Waals surface area contributed by atoms with Gasteiger partial charge in [0.15, 0.2) is 0 Å². The lowest BCUT2D eigenvalue weighted by Gasteiger charge is -2.29. The van der Waals surface area contributed by atoms with Gasteiger partial charge in [0.05, 0.1) is 10.9 Å². The number of para-hydroxylation sites is 1. The first-order valence-corrected chi connectivity index (χ1v) is 13.4. The van der Waals surface area contributed by atoms with Crippen molar-refractivity contribution in [3.05, 3.63) is 96.1 Å². The predicted molar refractivity (Wildman–Crippen MR) is 145 cm³/mol. The second-order valence-electron chi connectivity index (χ2n) is 9.25. The first kappa shape index (κ1) is 25.5. The molecule has 38 heavy (non-hydrogen) atoms. The smallest absolute Gasteiger partial charge is 0.251 e. The third-order valence-electron chi connectivity index (χ3n) is 6.62. The van der Waals surface area contributed by atoms with Crippen LogP contribution in [0.25, 0.3) is 0 Å². The molecule has 9 heteroatoms. The summed E-state index contributed by atoms with van der Waals surface area (Å²) in [4.78, 5) is 54.4. The lowest BCUT2D eigenvalue weighted by Crippen LogP contribution is -2.55. The zero-order valence-electron chi connectivity index (χ0n) is 20.6. The molecule has 2 heterocycles. The molecule has 0 aromatic heterocycles. The Morgan fingerprint density at radius 1 is 0.921 bits per heavy atom. The Hall–Kier alpha value is -4.11. The van der Waals surface area contributed by atoms with E-state index in [2.05, 4.69) is 16.0 Å². The van der Waals surface area contributed by atoms with E-state index in [4.69, 9.17) is 0 Å². The highest BCUT2D eigenvalue weighted by Gasteiger charge is 2.41. The van der Waals surface area contributed by atoms with Crippen LogP contribution in [0.15, 0.2) is 89.8 Å². The molecule has 2 aliphatic rings. The molecular formula is C29H28N4O4S. The van der Waals surface area contributed by atoms with Crippen molar-refractivity contribution in [1.29, 1.82) is 0 Å². The van der Waals surface area contributed by atoms with Gasteiger partial charge in [-0.05, 0) is 29.7 Å². The Morgan fingerprint density at radius 3 is 2.32 bits per heavy atom. The topological polar surface area (TPSA) is 108 Å². The first-order valence-electron chi connectivity index (χ1n) is 12.5. The van der Waals surface area contributed by atoms with Gasteiger partial charge in [0.2, 0.25) is 17.7 Å². The van der Waals surface area contributed by atoms with Crippen molar-refractivity contribution in [2.45, 2.75) is 41.6 Å². The molecule has 0 aliphatic carbocycles. The van der Waals surface area contributed by atoms with Gasteiger partial charge in [-0.15, -0.1) is 11.8 Å². The maximum absolute atomic E-state index is 14.1. The maximum atomic E-state index is 14.1. The molecule has 0 bridgehead atoms. The summed E-state index contributed by atoms with van der Waals surface area (Å²) in [6, 6.07) is 24.9. The SMILES string of the molecule is O=C(CN1C(=O)[C@@H](NC(=O)[C@@H]2CCC(=O)N2)[C@H](c2ccccc2)Sc2ccccc21)NCc1ccccc1. The number of nitrogens with zero attached hydrogens (tertiary/aromatic N) is 1. The molecule has 2 aliphatic heterocycles. The fourth-order valence-electron chi connectivity index (χ4n) is 4.67. The van der Waals surface area contributed by atoms with Gasteiger partial charge < -0.3 is 20.9 Å². The molecule has 0 radical (unpaired) electrons. The van der Waals surface area contributed by atoms with E-state index in [1.807, 2.05) is 84.9 Å². The van der Waals surface area contributed by atoms with Crippen LogP contribution in [-0.4, -0.2) is 42.3 Å². The number of benzene rings is 3. The van der Waals surface area contributed by atoms with Gasteiger partial charge in [0, 0.05) is 17.9 Å². The zero-order valence-corrected chi connectivity index (χ0v) is 21.4. The van der Waals surface area contributed by atoms with E-state index in [0.29, 0.717) is 18.7 Å². The van der Waals surface area contributed by atoms with E-state index in [1.54, 1.807) is 0 Å². The molecule has 0 saturated carbocycles. The number of anilines is 1. The minimum atomic E-state index is -0.957. The molecular weight excluding hydrogens is 500 g/mol.